The zero-order valence-electron chi connectivity index (χ0n) is 12.9. The van der Waals surface area contributed by atoms with Crippen LogP contribution >= 0.6 is 0 Å². The maximum atomic E-state index is 12.4. The lowest BCUT2D eigenvalue weighted by atomic mass is 10.1. The molecule has 0 spiro atoms. The number of benzene rings is 1. The van der Waals surface area contributed by atoms with Crippen molar-refractivity contribution in [2.45, 2.75) is 25.8 Å². The number of carbonyl (C=O) groups excluding carboxylic acids is 2. The van der Waals surface area contributed by atoms with Gasteiger partial charge in [-0.15, -0.1) is 0 Å². The predicted molar refractivity (Wildman–Crippen MR) is 88.0 cm³/mol. The van der Waals surface area contributed by atoms with Crippen LogP contribution in [0.15, 0.2) is 53.5 Å². The van der Waals surface area contributed by atoms with Gasteiger partial charge in [-0.1, -0.05) is 37.3 Å². The highest BCUT2D eigenvalue weighted by Gasteiger charge is 2.18. The number of nitrogens with zero attached hydrogens (tertiary/aromatic N) is 1. The summed E-state index contributed by atoms with van der Waals surface area (Å²) in [7, 11) is 0. The molecule has 0 aliphatic heterocycles. The summed E-state index contributed by atoms with van der Waals surface area (Å²) in [6, 6.07) is 11.6. The summed E-state index contributed by atoms with van der Waals surface area (Å²) in [5, 5.41) is 2.59. The number of aromatic nitrogens is 1. The van der Waals surface area contributed by atoms with Crippen LogP contribution in [-0.2, 0) is 16.0 Å². The van der Waals surface area contributed by atoms with Gasteiger partial charge in [-0.3, -0.25) is 14.4 Å². The van der Waals surface area contributed by atoms with Crippen LogP contribution in [0.5, 0.6) is 0 Å². The molecule has 3 N–H and O–H groups in total. The minimum Gasteiger partial charge on any atom is -0.368 e. The van der Waals surface area contributed by atoms with E-state index >= 15 is 0 Å². The summed E-state index contributed by atoms with van der Waals surface area (Å²) in [6.07, 6.45) is 2.06. The van der Waals surface area contributed by atoms with E-state index in [0.717, 1.165) is 5.56 Å². The van der Waals surface area contributed by atoms with Crippen molar-refractivity contribution in [1.29, 1.82) is 0 Å². The van der Waals surface area contributed by atoms with Gasteiger partial charge in [-0.25, -0.2) is 0 Å². The molecule has 120 valence electrons. The lowest BCUT2D eigenvalue weighted by molar-refractivity contribution is -0.121. The SMILES string of the molecule is CCC(C(N)=O)n1cccc(NC(=O)Cc2ccccc2)c1=O. The Morgan fingerprint density at radius 3 is 2.48 bits per heavy atom. The first-order valence-electron chi connectivity index (χ1n) is 7.37. The Hall–Kier alpha value is -2.89. The molecule has 0 bridgehead atoms. The van der Waals surface area contributed by atoms with Crippen LogP contribution in [0, 0.1) is 0 Å². The van der Waals surface area contributed by atoms with Crippen molar-refractivity contribution in [3.8, 4) is 0 Å². The van der Waals surface area contributed by atoms with Gasteiger partial charge >= 0.3 is 0 Å². The van der Waals surface area contributed by atoms with Crippen LogP contribution in [-0.4, -0.2) is 16.4 Å². The van der Waals surface area contributed by atoms with Gasteiger partial charge in [-0.2, -0.15) is 0 Å². The average Bonchev–Trinajstić information content (AvgIpc) is 2.52. The van der Waals surface area contributed by atoms with Crippen LogP contribution in [0.4, 0.5) is 5.69 Å². The third-order valence-electron chi connectivity index (χ3n) is 3.51. The first-order valence-corrected chi connectivity index (χ1v) is 7.37. The van der Waals surface area contributed by atoms with E-state index in [-0.39, 0.29) is 18.0 Å². The maximum absolute atomic E-state index is 12.4. The Morgan fingerprint density at radius 2 is 1.87 bits per heavy atom. The fraction of sp³-hybridized carbons (Fsp3) is 0.235. The Labute approximate surface area is 133 Å². The van der Waals surface area contributed by atoms with Crippen molar-refractivity contribution < 1.29 is 9.59 Å². The molecule has 0 saturated heterocycles. The summed E-state index contributed by atoms with van der Waals surface area (Å²) >= 11 is 0. The molecule has 0 fully saturated rings. The Morgan fingerprint density at radius 1 is 1.17 bits per heavy atom. The van der Waals surface area contributed by atoms with E-state index in [1.807, 2.05) is 30.3 Å². The molecule has 2 amide bonds. The lowest BCUT2D eigenvalue weighted by Crippen LogP contribution is -2.34. The van der Waals surface area contributed by atoms with E-state index in [1.54, 1.807) is 13.0 Å². The molecular formula is C17H19N3O3. The molecular weight excluding hydrogens is 294 g/mol. The highest BCUT2D eigenvalue weighted by atomic mass is 16.2. The molecule has 1 atom stereocenters. The number of hydrogen-bond acceptors (Lipinski definition) is 3. The van der Waals surface area contributed by atoms with Crippen molar-refractivity contribution in [3.05, 3.63) is 64.6 Å². The van der Waals surface area contributed by atoms with Gasteiger partial charge in [0.2, 0.25) is 11.8 Å². The monoisotopic (exact) mass is 313 g/mol. The molecule has 23 heavy (non-hydrogen) atoms. The Balaban J connectivity index is 2.19. The molecule has 1 unspecified atom stereocenters. The highest BCUT2D eigenvalue weighted by Crippen LogP contribution is 2.10. The van der Waals surface area contributed by atoms with Gasteiger partial charge in [0.15, 0.2) is 0 Å². The first kappa shape index (κ1) is 16.5. The second kappa shape index (κ2) is 7.40. The fourth-order valence-corrected chi connectivity index (χ4v) is 2.36. The highest BCUT2D eigenvalue weighted by molar-refractivity contribution is 5.92. The molecule has 0 aliphatic rings. The molecule has 1 aromatic carbocycles. The number of rotatable bonds is 6. The van der Waals surface area contributed by atoms with Crippen LogP contribution in [0.2, 0.25) is 0 Å². The number of hydrogen-bond donors (Lipinski definition) is 2. The van der Waals surface area contributed by atoms with E-state index in [0.29, 0.717) is 6.42 Å². The number of amides is 2. The molecule has 0 aliphatic carbocycles. The lowest BCUT2D eigenvalue weighted by Gasteiger charge is -2.15. The summed E-state index contributed by atoms with van der Waals surface area (Å²) < 4.78 is 1.25. The first-order chi connectivity index (χ1) is 11.0. The second-order valence-electron chi connectivity index (χ2n) is 5.17. The molecule has 0 radical (unpaired) electrons. The summed E-state index contributed by atoms with van der Waals surface area (Å²) in [6.45, 7) is 1.77. The minimum absolute atomic E-state index is 0.133. The van der Waals surface area contributed by atoms with E-state index in [9.17, 15) is 14.4 Å². The topological polar surface area (TPSA) is 94.2 Å². The van der Waals surface area contributed by atoms with Crippen molar-refractivity contribution in [2.24, 2.45) is 5.73 Å². The Bertz CT molecular complexity index is 753. The summed E-state index contributed by atoms with van der Waals surface area (Å²) in [5.41, 5.74) is 5.86. The van der Waals surface area contributed by atoms with Gasteiger partial charge in [0, 0.05) is 6.20 Å². The summed E-state index contributed by atoms with van der Waals surface area (Å²) in [5.74, 6) is -0.875. The van der Waals surface area contributed by atoms with Crippen LogP contribution in [0.1, 0.15) is 24.9 Å². The van der Waals surface area contributed by atoms with Crippen molar-refractivity contribution >= 4 is 17.5 Å². The zero-order chi connectivity index (χ0) is 16.8. The van der Waals surface area contributed by atoms with E-state index in [2.05, 4.69) is 5.32 Å². The third-order valence-corrected chi connectivity index (χ3v) is 3.51. The van der Waals surface area contributed by atoms with E-state index in [1.165, 1.54) is 16.8 Å². The maximum Gasteiger partial charge on any atom is 0.275 e. The number of pyridine rings is 1. The number of nitrogens with two attached hydrogens (primary N) is 1. The molecule has 1 heterocycles. The van der Waals surface area contributed by atoms with Crippen molar-refractivity contribution in [1.82, 2.24) is 4.57 Å². The third kappa shape index (κ3) is 4.06. The van der Waals surface area contributed by atoms with Crippen LogP contribution in [0.3, 0.4) is 0 Å². The minimum atomic E-state index is -0.728. The quantitative estimate of drug-likeness (QED) is 0.845. The molecule has 6 heteroatoms. The standard InChI is InChI=1S/C17H19N3O3/c1-2-14(16(18)22)20-10-6-9-13(17(20)23)19-15(21)11-12-7-4-3-5-8-12/h3-10,14H,2,11H2,1H3,(H2,18,22)(H,19,21). The molecule has 1 aromatic heterocycles. The van der Waals surface area contributed by atoms with Crippen LogP contribution in [0.25, 0.3) is 0 Å². The van der Waals surface area contributed by atoms with Gasteiger partial charge in [0.1, 0.15) is 11.7 Å². The number of carbonyl (C=O) groups is 2. The number of primary amides is 1. The van der Waals surface area contributed by atoms with Gasteiger partial charge in [0.25, 0.3) is 5.56 Å². The van der Waals surface area contributed by atoms with E-state index in [4.69, 9.17) is 5.73 Å². The van der Waals surface area contributed by atoms with Crippen molar-refractivity contribution in [3.63, 3.8) is 0 Å². The predicted octanol–water partition coefficient (Wildman–Crippen LogP) is 1.47. The fourth-order valence-electron chi connectivity index (χ4n) is 2.36. The molecule has 0 saturated carbocycles. The smallest absolute Gasteiger partial charge is 0.275 e. The van der Waals surface area contributed by atoms with Crippen LogP contribution < -0.4 is 16.6 Å². The largest absolute Gasteiger partial charge is 0.368 e. The van der Waals surface area contributed by atoms with Gasteiger partial charge in [-0.05, 0) is 24.1 Å². The Kier molecular flexibility index (Phi) is 5.30. The molecule has 2 aromatic rings. The summed E-state index contributed by atoms with van der Waals surface area (Å²) in [4.78, 5) is 35.9. The van der Waals surface area contributed by atoms with Gasteiger partial charge in [0.05, 0.1) is 6.42 Å². The molecule has 6 nitrogen and oxygen atoms in total. The normalized spacial score (nSPS) is 11.7. The molecule has 2 rings (SSSR count). The van der Waals surface area contributed by atoms with Crippen molar-refractivity contribution in [2.75, 3.05) is 5.32 Å². The zero-order valence-corrected chi connectivity index (χ0v) is 12.9. The van der Waals surface area contributed by atoms with E-state index < -0.39 is 17.5 Å². The van der Waals surface area contributed by atoms with Gasteiger partial charge < -0.3 is 15.6 Å². The second-order valence-corrected chi connectivity index (χ2v) is 5.17. The average molecular weight is 313 g/mol. The number of nitrogens with one attached hydrogen (secondary N) is 1. The number of anilines is 1.